The third kappa shape index (κ3) is 5.83. The van der Waals surface area contributed by atoms with Crippen molar-refractivity contribution in [1.29, 1.82) is 0 Å². The number of carbonyl (C=O) groups is 1. The van der Waals surface area contributed by atoms with Crippen LogP contribution in [-0.2, 0) is 9.53 Å². The summed E-state index contributed by atoms with van der Waals surface area (Å²) in [5, 5.41) is 12.9. The first-order chi connectivity index (χ1) is 8.55. The summed E-state index contributed by atoms with van der Waals surface area (Å²) < 4.78 is 4.94. The first-order valence-corrected chi connectivity index (χ1v) is 7.04. The molecule has 1 amide bonds. The molecule has 1 rings (SSSR count). The van der Waals surface area contributed by atoms with E-state index >= 15 is 0 Å². The zero-order valence-electron chi connectivity index (χ0n) is 11.7. The summed E-state index contributed by atoms with van der Waals surface area (Å²) in [7, 11) is 1.61. The predicted molar refractivity (Wildman–Crippen MR) is 71.3 cm³/mol. The Morgan fingerprint density at radius 3 is 2.50 bits per heavy atom. The Bertz CT molecular complexity index is 245. The SMILES string of the molecule is COCCC(C)(O)CNC(=O)C1CCCCCC1. The van der Waals surface area contributed by atoms with Gasteiger partial charge in [0.2, 0.25) is 5.91 Å². The van der Waals surface area contributed by atoms with Gasteiger partial charge in [-0.2, -0.15) is 0 Å². The average molecular weight is 257 g/mol. The van der Waals surface area contributed by atoms with Crippen molar-refractivity contribution in [3.63, 3.8) is 0 Å². The number of ether oxygens (including phenoxy) is 1. The highest BCUT2D eigenvalue weighted by molar-refractivity contribution is 5.78. The van der Waals surface area contributed by atoms with Crippen LogP contribution in [0.25, 0.3) is 0 Å². The Morgan fingerprint density at radius 2 is 1.94 bits per heavy atom. The van der Waals surface area contributed by atoms with E-state index in [0.29, 0.717) is 19.6 Å². The molecule has 1 atom stereocenters. The normalized spacial score (nSPS) is 21.1. The molecule has 1 aliphatic rings. The molecule has 0 bridgehead atoms. The van der Waals surface area contributed by atoms with E-state index in [0.717, 1.165) is 25.7 Å². The summed E-state index contributed by atoms with van der Waals surface area (Å²) in [5.41, 5.74) is -0.879. The van der Waals surface area contributed by atoms with Crippen LogP contribution in [0.2, 0.25) is 0 Å². The minimum Gasteiger partial charge on any atom is -0.388 e. The van der Waals surface area contributed by atoms with E-state index in [1.807, 2.05) is 0 Å². The number of methoxy groups -OCH3 is 1. The molecule has 1 aliphatic carbocycles. The van der Waals surface area contributed by atoms with Crippen LogP contribution < -0.4 is 5.32 Å². The van der Waals surface area contributed by atoms with Crippen molar-refractivity contribution in [3.8, 4) is 0 Å². The van der Waals surface area contributed by atoms with Crippen LogP contribution in [0.5, 0.6) is 0 Å². The zero-order valence-corrected chi connectivity index (χ0v) is 11.7. The van der Waals surface area contributed by atoms with Gasteiger partial charge in [-0.1, -0.05) is 25.7 Å². The van der Waals surface area contributed by atoms with Gasteiger partial charge in [0.25, 0.3) is 0 Å². The van der Waals surface area contributed by atoms with Gasteiger partial charge in [0.15, 0.2) is 0 Å². The van der Waals surface area contributed by atoms with Crippen LogP contribution in [0, 0.1) is 5.92 Å². The molecule has 1 saturated carbocycles. The highest BCUT2D eigenvalue weighted by atomic mass is 16.5. The Kier molecular flexibility index (Phi) is 6.65. The number of rotatable bonds is 6. The van der Waals surface area contributed by atoms with Crippen molar-refractivity contribution >= 4 is 5.91 Å². The van der Waals surface area contributed by atoms with Crippen LogP contribution in [-0.4, -0.2) is 36.9 Å². The summed E-state index contributed by atoms with van der Waals surface area (Å²) in [5.74, 6) is 0.250. The third-order valence-corrected chi connectivity index (χ3v) is 3.71. The molecule has 0 radical (unpaired) electrons. The molecule has 0 aliphatic heterocycles. The molecular formula is C14H27NO3. The van der Waals surface area contributed by atoms with Gasteiger partial charge in [0.05, 0.1) is 5.60 Å². The van der Waals surface area contributed by atoms with Gasteiger partial charge in [0, 0.05) is 32.6 Å². The Morgan fingerprint density at radius 1 is 1.33 bits per heavy atom. The maximum atomic E-state index is 12.0. The van der Waals surface area contributed by atoms with Crippen LogP contribution >= 0.6 is 0 Å². The van der Waals surface area contributed by atoms with Crippen LogP contribution in [0.3, 0.4) is 0 Å². The van der Waals surface area contributed by atoms with Crippen LogP contribution in [0.4, 0.5) is 0 Å². The number of carbonyl (C=O) groups excluding carboxylic acids is 1. The van der Waals surface area contributed by atoms with E-state index in [9.17, 15) is 9.90 Å². The molecule has 1 unspecified atom stereocenters. The van der Waals surface area contributed by atoms with Gasteiger partial charge >= 0.3 is 0 Å². The second-order valence-corrected chi connectivity index (χ2v) is 5.65. The number of hydrogen-bond acceptors (Lipinski definition) is 3. The minimum absolute atomic E-state index is 0.106. The highest BCUT2D eigenvalue weighted by Gasteiger charge is 2.24. The van der Waals surface area contributed by atoms with Gasteiger partial charge in [0.1, 0.15) is 0 Å². The standard InChI is InChI=1S/C14H27NO3/c1-14(17,9-10-18-2)11-15-13(16)12-7-5-3-4-6-8-12/h12,17H,3-11H2,1-2H3,(H,15,16). The largest absolute Gasteiger partial charge is 0.388 e. The number of hydrogen-bond donors (Lipinski definition) is 2. The number of nitrogens with one attached hydrogen (secondary N) is 1. The van der Waals surface area contributed by atoms with Gasteiger partial charge in [-0.25, -0.2) is 0 Å². The summed E-state index contributed by atoms with van der Waals surface area (Å²) in [6.45, 7) is 2.55. The van der Waals surface area contributed by atoms with Crippen LogP contribution in [0.1, 0.15) is 51.9 Å². The van der Waals surface area contributed by atoms with Gasteiger partial charge in [-0.05, 0) is 19.8 Å². The topological polar surface area (TPSA) is 58.6 Å². The molecule has 0 spiro atoms. The number of amides is 1. The Hall–Kier alpha value is -0.610. The fourth-order valence-electron chi connectivity index (χ4n) is 2.37. The average Bonchev–Trinajstić information content (AvgIpc) is 2.62. The molecule has 4 nitrogen and oxygen atoms in total. The van der Waals surface area contributed by atoms with E-state index in [-0.39, 0.29) is 11.8 Å². The van der Waals surface area contributed by atoms with Crippen molar-refractivity contribution in [2.24, 2.45) is 5.92 Å². The molecular weight excluding hydrogens is 230 g/mol. The Labute approximate surface area is 110 Å². The predicted octanol–water partition coefficient (Wildman–Crippen LogP) is 1.86. The van der Waals surface area contributed by atoms with E-state index < -0.39 is 5.60 Å². The van der Waals surface area contributed by atoms with Crippen molar-refractivity contribution in [1.82, 2.24) is 5.32 Å². The second-order valence-electron chi connectivity index (χ2n) is 5.65. The fraction of sp³-hybridized carbons (Fsp3) is 0.929. The molecule has 1 fully saturated rings. The van der Waals surface area contributed by atoms with Crippen LogP contribution in [0.15, 0.2) is 0 Å². The molecule has 0 aromatic carbocycles. The monoisotopic (exact) mass is 257 g/mol. The van der Waals surface area contributed by atoms with E-state index in [4.69, 9.17) is 4.74 Å². The molecule has 106 valence electrons. The second kappa shape index (κ2) is 7.74. The van der Waals surface area contributed by atoms with Gasteiger partial charge in [-0.15, -0.1) is 0 Å². The lowest BCUT2D eigenvalue weighted by Gasteiger charge is -2.24. The molecule has 2 N–H and O–H groups in total. The summed E-state index contributed by atoms with van der Waals surface area (Å²) >= 11 is 0. The lowest BCUT2D eigenvalue weighted by Crippen LogP contribution is -2.43. The summed E-state index contributed by atoms with van der Waals surface area (Å²) in [6, 6.07) is 0. The van der Waals surface area contributed by atoms with Gasteiger partial charge in [-0.3, -0.25) is 4.79 Å². The zero-order chi connectivity index (χ0) is 13.4. The van der Waals surface area contributed by atoms with Crippen molar-refractivity contribution in [3.05, 3.63) is 0 Å². The molecule has 4 heteroatoms. The fourth-order valence-corrected chi connectivity index (χ4v) is 2.37. The lowest BCUT2D eigenvalue weighted by molar-refractivity contribution is -0.126. The molecule has 0 heterocycles. The van der Waals surface area contributed by atoms with E-state index in [1.165, 1.54) is 12.8 Å². The highest BCUT2D eigenvalue weighted by Crippen LogP contribution is 2.23. The van der Waals surface area contributed by atoms with Crippen molar-refractivity contribution in [2.75, 3.05) is 20.3 Å². The minimum atomic E-state index is -0.879. The molecule has 0 aromatic heterocycles. The molecule has 0 aromatic rings. The van der Waals surface area contributed by atoms with Crippen molar-refractivity contribution < 1.29 is 14.6 Å². The van der Waals surface area contributed by atoms with E-state index in [2.05, 4.69) is 5.32 Å². The summed E-state index contributed by atoms with van der Waals surface area (Å²) in [6.07, 6.45) is 7.31. The smallest absolute Gasteiger partial charge is 0.223 e. The van der Waals surface area contributed by atoms with Gasteiger partial charge < -0.3 is 15.2 Å². The lowest BCUT2D eigenvalue weighted by atomic mass is 9.98. The maximum Gasteiger partial charge on any atom is 0.223 e. The quantitative estimate of drug-likeness (QED) is 0.714. The summed E-state index contributed by atoms with van der Waals surface area (Å²) in [4.78, 5) is 12.0. The first-order valence-electron chi connectivity index (χ1n) is 7.04. The van der Waals surface area contributed by atoms with E-state index in [1.54, 1.807) is 14.0 Å². The molecule has 18 heavy (non-hydrogen) atoms. The van der Waals surface area contributed by atoms with Crippen molar-refractivity contribution in [2.45, 2.75) is 57.5 Å². The number of aliphatic hydroxyl groups is 1. The first kappa shape index (κ1) is 15.4. The third-order valence-electron chi connectivity index (χ3n) is 3.71. The molecule has 0 saturated heterocycles. The Balaban J connectivity index is 2.30. The maximum absolute atomic E-state index is 12.0.